The average molecular weight is 454 g/mol. The van der Waals surface area contributed by atoms with Crippen molar-refractivity contribution in [1.82, 2.24) is 5.32 Å². The van der Waals surface area contributed by atoms with E-state index in [0.717, 1.165) is 59.2 Å². The van der Waals surface area contributed by atoms with Gasteiger partial charge in [-0.05, 0) is 40.5 Å². The van der Waals surface area contributed by atoms with E-state index in [4.69, 9.17) is 4.74 Å². The summed E-state index contributed by atoms with van der Waals surface area (Å²) in [5.41, 5.74) is 0.240. The number of carbonyl (C=O) groups excluding carboxylic acids is 1. The lowest BCUT2D eigenvalue weighted by Gasteiger charge is -2.27. The van der Waals surface area contributed by atoms with E-state index in [0.29, 0.717) is 13.0 Å². The maximum absolute atomic E-state index is 12.2. The highest BCUT2D eigenvalue weighted by molar-refractivity contribution is 6.02. The van der Waals surface area contributed by atoms with Crippen LogP contribution in [0.5, 0.6) is 0 Å². The number of unbranched alkanes of at least 4 members (excludes halogenated alkanes) is 4. The third kappa shape index (κ3) is 6.67. The Hall–Kier alpha value is -2.67. The molecule has 0 radical (unpaired) electrons. The molecule has 0 heterocycles. The fraction of sp³-hybridized carbons (Fsp3) is 0.444. The van der Waals surface area contributed by atoms with Gasteiger partial charge in [-0.2, -0.15) is 0 Å². The van der Waals surface area contributed by atoms with E-state index in [2.05, 4.69) is 35.6 Å². The standard InChI is InChI=1S/C27H35NO5/c29-18-27(19-30,20-31)14-8-2-1-3-9-15-28-26(32)33-17-25-23-12-6-4-10-21(23)16-22-11-5-7-13-24(22)25/h4-7,10-13,16,29-31H,1-3,8-9,14-15,17-20H2,(H,28,32). The van der Waals surface area contributed by atoms with E-state index >= 15 is 0 Å². The summed E-state index contributed by atoms with van der Waals surface area (Å²) in [5.74, 6) is 0. The van der Waals surface area contributed by atoms with Gasteiger partial charge in [0.1, 0.15) is 6.61 Å². The molecule has 178 valence electrons. The lowest BCUT2D eigenvalue weighted by atomic mass is 9.85. The quantitative estimate of drug-likeness (QED) is 0.225. The van der Waals surface area contributed by atoms with Crippen molar-refractivity contribution < 1.29 is 24.9 Å². The molecule has 0 saturated heterocycles. The first-order chi connectivity index (χ1) is 16.1. The van der Waals surface area contributed by atoms with Gasteiger partial charge in [0, 0.05) is 17.5 Å². The Kier molecular flexibility index (Phi) is 9.48. The van der Waals surface area contributed by atoms with Crippen LogP contribution in [0.25, 0.3) is 21.5 Å². The van der Waals surface area contributed by atoms with Gasteiger partial charge in [-0.25, -0.2) is 4.79 Å². The smallest absolute Gasteiger partial charge is 0.407 e. The number of carbonyl (C=O) groups is 1. The van der Waals surface area contributed by atoms with Crippen LogP contribution < -0.4 is 5.32 Å². The molecule has 1 amide bonds. The number of nitrogens with one attached hydrogen (secondary N) is 1. The molecule has 3 rings (SSSR count). The predicted molar refractivity (Wildman–Crippen MR) is 131 cm³/mol. The number of hydrogen-bond acceptors (Lipinski definition) is 5. The lowest BCUT2D eigenvalue weighted by Crippen LogP contribution is -2.33. The molecule has 0 fully saturated rings. The Balaban J connectivity index is 1.40. The number of amides is 1. The summed E-state index contributed by atoms with van der Waals surface area (Å²) in [4.78, 5) is 12.2. The molecule has 3 aromatic carbocycles. The third-order valence-corrected chi connectivity index (χ3v) is 6.39. The molecule has 4 N–H and O–H groups in total. The van der Waals surface area contributed by atoms with Crippen LogP contribution in [0.1, 0.15) is 44.1 Å². The first-order valence-electron chi connectivity index (χ1n) is 11.7. The molecule has 0 aliphatic heterocycles. The summed E-state index contributed by atoms with van der Waals surface area (Å²) in [7, 11) is 0. The number of alkyl carbamates (subject to hydrolysis) is 1. The van der Waals surface area contributed by atoms with Gasteiger partial charge >= 0.3 is 6.09 Å². The molecular formula is C27H35NO5. The number of hydrogen-bond donors (Lipinski definition) is 4. The second kappa shape index (κ2) is 12.5. The molecule has 0 aliphatic rings. The van der Waals surface area contributed by atoms with Crippen LogP contribution in [0, 0.1) is 5.41 Å². The fourth-order valence-corrected chi connectivity index (χ4v) is 4.19. The molecule has 0 atom stereocenters. The Bertz CT molecular complexity index is 969. The van der Waals surface area contributed by atoms with Gasteiger partial charge in [-0.3, -0.25) is 0 Å². The molecule has 3 aromatic rings. The Morgan fingerprint density at radius 1 is 0.788 bits per heavy atom. The average Bonchev–Trinajstić information content (AvgIpc) is 2.86. The number of benzene rings is 3. The van der Waals surface area contributed by atoms with Crippen LogP contribution in [-0.4, -0.2) is 47.8 Å². The second-order valence-corrected chi connectivity index (χ2v) is 8.79. The molecule has 33 heavy (non-hydrogen) atoms. The van der Waals surface area contributed by atoms with Crippen LogP contribution in [0.15, 0.2) is 54.6 Å². The Morgan fingerprint density at radius 3 is 1.94 bits per heavy atom. The lowest BCUT2D eigenvalue weighted by molar-refractivity contribution is -0.00229. The first-order valence-corrected chi connectivity index (χ1v) is 11.7. The van der Waals surface area contributed by atoms with Crippen LogP contribution in [0.3, 0.4) is 0 Å². The van der Waals surface area contributed by atoms with E-state index in [1.165, 1.54) is 0 Å². The molecular weight excluding hydrogens is 418 g/mol. The summed E-state index contributed by atoms with van der Waals surface area (Å²) in [6, 6.07) is 18.4. The SMILES string of the molecule is O=C(NCCCCCCCC(CO)(CO)CO)OCc1c2ccccc2cc2ccccc12. The van der Waals surface area contributed by atoms with Gasteiger partial charge in [0.15, 0.2) is 0 Å². The van der Waals surface area contributed by atoms with Crippen LogP contribution in [0.4, 0.5) is 4.79 Å². The summed E-state index contributed by atoms with van der Waals surface area (Å²) in [6.45, 7) is 0.154. The zero-order valence-electron chi connectivity index (χ0n) is 19.1. The molecule has 6 nitrogen and oxygen atoms in total. The van der Waals surface area contributed by atoms with Crippen LogP contribution in [0.2, 0.25) is 0 Å². The van der Waals surface area contributed by atoms with Crippen molar-refractivity contribution in [3.05, 3.63) is 60.2 Å². The van der Waals surface area contributed by atoms with E-state index < -0.39 is 11.5 Å². The normalized spacial score (nSPS) is 11.7. The minimum absolute atomic E-state index is 0.208. The minimum atomic E-state index is -0.777. The van der Waals surface area contributed by atoms with Crippen LogP contribution in [-0.2, 0) is 11.3 Å². The van der Waals surface area contributed by atoms with Crippen molar-refractivity contribution >= 4 is 27.6 Å². The Morgan fingerprint density at radius 2 is 1.33 bits per heavy atom. The van der Waals surface area contributed by atoms with Gasteiger partial charge in [0.25, 0.3) is 0 Å². The van der Waals surface area contributed by atoms with E-state index in [1.54, 1.807) is 0 Å². The molecule has 0 bridgehead atoms. The minimum Gasteiger partial charge on any atom is -0.445 e. The van der Waals surface area contributed by atoms with Crippen molar-refractivity contribution in [1.29, 1.82) is 0 Å². The summed E-state index contributed by atoms with van der Waals surface area (Å²) in [5, 5.41) is 35.3. The second-order valence-electron chi connectivity index (χ2n) is 8.79. The first kappa shape index (κ1) is 25.0. The van der Waals surface area contributed by atoms with Crippen molar-refractivity contribution in [2.24, 2.45) is 5.41 Å². The maximum atomic E-state index is 12.2. The highest BCUT2D eigenvalue weighted by atomic mass is 16.5. The Labute approximate surface area is 195 Å². The highest BCUT2D eigenvalue weighted by Crippen LogP contribution is 2.29. The summed E-state index contributed by atoms with van der Waals surface area (Å²) in [6.07, 6.45) is 4.82. The molecule has 0 unspecified atom stereocenters. The summed E-state index contributed by atoms with van der Waals surface area (Å²) < 4.78 is 5.54. The van der Waals surface area contributed by atoms with Crippen molar-refractivity contribution in [2.45, 2.75) is 45.1 Å². The van der Waals surface area contributed by atoms with Gasteiger partial charge < -0.3 is 25.4 Å². The van der Waals surface area contributed by atoms with E-state index in [-0.39, 0.29) is 26.4 Å². The topological polar surface area (TPSA) is 99.0 Å². The maximum Gasteiger partial charge on any atom is 0.407 e. The fourth-order valence-electron chi connectivity index (χ4n) is 4.19. The predicted octanol–water partition coefficient (Wildman–Crippen LogP) is 4.52. The highest BCUT2D eigenvalue weighted by Gasteiger charge is 2.27. The van der Waals surface area contributed by atoms with Gasteiger partial charge in [-0.15, -0.1) is 0 Å². The van der Waals surface area contributed by atoms with E-state index in [1.807, 2.05) is 24.3 Å². The monoisotopic (exact) mass is 453 g/mol. The molecule has 0 aliphatic carbocycles. The molecule has 6 heteroatoms. The third-order valence-electron chi connectivity index (χ3n) is 6.39. The summed E-state index contributed by atoms with van der Waals surface area (Å²) >= 11 is 0. The molecule has 0 spiro atoms. The van der Waals surface area contributed by atoms with Crippen molar-refractivity contribution in [3.8, 4) is 0 Å². The molecule has 0 aromatic heterocycles. The number of aliphatic hydroxyl groups is 3. The van der Waals surface area contributed by atoms with Crippen molar-refractivity contribution in [3.63, 3.8) is 0 Å². The van der Waals surface area contributed by atoms with Gasteiger partial charge in [-0.1, -0.05) is 74.2 Å². The van der Waals surface area contributed by atoms with Gasteiger partial charge in [0.2, 0.25) is 0 Å². The molecule has 0 saturated carbocycles. The zero-order chi connectivity index (χ0) is 23.5. The van der Waals surface area contributed by atoms with Crippen molar-refractivity contribution in [2.75, 3.05) is 26.4 Å². The van der Waals surface area contributed by atoms with Gasteiger partial charge in [0.05, 0.1) is 19.8 Å². The van der Waals surface area contributed by atoms with Crippen LogP contribution >= 0.6 is 0 Å². The number of ether oxygens (including phenoxy) is 1. The largest absolute Gasteiger partial charge is 0.445 e. The number of rotatable bonds is 13. The van der Waals surface area contributed by atoms with E-state index in [9.17, 15) is 20.1 Å². The number of fused-ring (bicyclic) bond motifs is 2. The zero-order valence-corrected chi connectivity index (χ0v) is 19.1. The number of aliphatic hydroxyl groups excluding tert-OH is 3.